The first-order chi connectivity index (χ1) is 9.22. The predicted octanol–water partition coefficient (Wildman–Crippen LogP) is 4.31. The van der Waals surface area contributed by atoms with E-state index in [1.54, 1.807) is 7.11 Å². The Hall–Kier alpha value is -0.860. The number of benzene rings is 1. The molecule has 0 bridgehead atoms. The van der Waals surface area contributed by atoms with E-state index in [1.165, 1.54) is 31.2 Å². The second-order valence-electron chi connectivity index (χ2n) is 5.38. The van der Waals surface area contributed by atoms with E-state index in [4.69, 9.17) is 10.5 Å². The zero-order valence-electron chi connectivity index (χ0n) is 12.6. The van der Waals surface area contributed by atoms with Gasteiger partial charge in [-0.25, -0.2) is 0 Å². The van der Waals surface area contributed by atoms with Crippen molar-refractivity contribution in [2.75, 3.05) is 7.11 Å². The molecule has 1 rings (SSSR count). The normalized spacial score (nSPS) is 16.0. The van der Waals surface area contributed by atoms with Gasteiger partial charge in [0.05, 0.1) is 6.10 Å². The van der Waals surface area contributed by atoms with Gasteiger partial charge in [0.15, 0.2) is 0 Å². The Bertz CT molecular complexity index is 325. The van der Waals surface area contributed by atoms with E-state index in [0.717, 1.165) is 12.3 Å². The molecule has 0 amide bonds. The fraction of sp³-hybridized carbons (Fsp3) is 0.647. The van der Waals surface area contributed by atoms with Gasteiger partial charge in [0.2, 0.25) is 0 Å². The predicted molar refractivity (Wildman–Crippen MR) is 82.1 cm³/mol. The van der Waals surface area contributed by atoms with Crippen LogP contribution in [-0.4, -0.2) is 13.2 Å². The van der Waals surface area contributed by atoms with E-state index in [-0.39, 0.29) is 12.1 Å². The fourth-order valence-electron chi connectivity index (χ4n) is 2.69. The minimum absolute atomic E-state index is 0.0110. The maximum Gasteiger partial charge on any atom is 0.0971 e. The van der Waals surface area contributed by atoms with Crippen LogP contribution >= 0.6 is 0 Å². The van der Waals surface area contributed by atoms with Crippen LogP contribution < -0.4 is 5.73 Å². The van der Waals surface area contributed by atoms with Crippen LogP contribution in [0.4, 0.5) is 0 Å². The molecule has 3 atom stereocenters. The van der Waals surface area contributed by atoms with Gasteiger partial charge in [0.1, 0.15) is 0 Å². The van der Waals surface area contributed by atoms with Gasteiger partial charge in [-0.3, -0.25) is 0 Å². The fourth-order valence-corrected chi connectivity index (χ4v) is 2.69. The van der Waals surface area contributed by atoms with Gasteiger partial charge < -0.3 is 10.5 Å². The molecule has 0 aliphatic heterocycles. The lowest BCUT2D eigenvalue weighted by molar-refractivity contribution is 0.0712. The monoisotopic (exact) mass is 263 g/mol. The van der Waals surface area contributed by atoms with Gasteiger partial charge in [-0.2, -0.15) is 0 Å². The van der Waals surface area contributed by atoms with Gasteiger partial charge in [-0.05, 0) is 17.9 Å². The summed E-state index contributed by atoms with van der Waals surface area (Å²) in [7, 11) is 1.75. The maximum absolute atomic E-state index is 6.38. The molecule has 3 unspecified atom stereocenters. The molecular weight excluding hydrogens is 234 g/mol. The van der Waals surface area contributed by atoms with Crippen LogP contribution in [0.5, 0.6) is 0 Å². The summed E-state index contributed by atoms with van der Waals surface area (Å²) in [6.45, 7) is 4.51. The molecule has 19 heavy (non-hydrogen) atoms. The first-order valence-corrected chi connectivity index (χ1v) is 7.56. The number of hydrogen-bond donors (Lipinski definition) is 1. The molecule has 0 aliphatic rings. The summed E-state index contributed by atoms with van der Waals surface area (Å²) >= 11 is 0. The average molecular weight is 263 g/mol. The maximum atomic E-state index is 6.38. The summed E-state index contributed by atoms with van der Waals surface area (Å²) in [6, 6.07) is 10.4. The average Bonchev–Trinajstić information content (AvgIpc) is 2.45. The Morgan fingerprint density at radius 3 is 2.37 bits per heavy atom. The van der Waals surface area contributed by atoms with Crippen molar-refractivity contribution in [3.05, 3.63) is 35.9 Å². The summed E-state index contributed by atoms with van der Waals surface area (Å²) < 4.78 is 5.62. The highest BCUT2D eigenvalue weighted by atomic mass is 16.5. The lowest BCUT2D eigenvalue weighted by atomic mass is 9.88. The molecule has 0 spiro atoms. The topological polar surface area (TPSA) is 35.2 Å². The molecular formula is C17H29NO. The van der Waals surface area contributed by atoms with Crippen molar-refractivity contribution in [2.24, 2.45) is 11.7 Å². The molecule has 108 valence electrons. The summed E-state index contributed by atoms with van der Waals surface area (Å²) in [5, 5.41) is 0. The Morgan fingerprint density at radius 2 is 1.84 bits per heavy atom. The molecule has 0 saturated heterocycles. The smallest absolute Gasteiger partial charge is 0.0971 e. The summed E-state index contributed by atoms with van der Waals surface area (Å²) in [4.78, 5) is 0. The van der Waals surface area contributed by atoms with E-state index in [0.29, 0.717) is 0 Å². The van der Waals surface area contributed by atoms with E-state index < -0.39 is 0 Å². The number of hydrogen-bond acceptors (Lipinski definition) is 2. The molecule has 1 aromatic carbocycles. The van der Waals surface area contributed by atoms with Crippen molar-refractivity contribution < 1.29 is 4.74 Å². The Kier molecular flexibility index (Phi) is 7.76. The van der Waals surface area contributed by atoms with Gasteiger partial charge in [-0.1, -0.05) is 69.9 Å². The number of ether oxygens (including phenoxy) is 1. The molecule has 0 heterocycles. The van der Waals surface area contributed by atoms with Gasteiger partial charge in [0.25, 0.3) is 0 Å². The summed E-state index contributed by atoms with van der Waals surface area (Å²) in [5.74, 6) is 0.719. The number of unbranched alkanes of at least 4 members (excludes halogenated alkanes) is 1. The second kappa shape index (κ2) is 9.11. The molecule has 0 radical (unpaired) electrons. The molecule has 2 heteroatoms. The lowest BCUT2D eigenvalue weighted by Crippen LogP contribution is -2.32. The Labute approximate surface area is 118 Å². The van der Waals surface area contributed by atoms with Crippen molar-refractivity contribution in [1.29, 1.82) is 0 Å². The van der Waals surface area contributed by atoms with Gasteiger partial charge >= 0.3 is 0 Å². The van der Waals surface area contributed by atoms with E-state index in [9.17, 15) is 0 Å². The number of rotatable bonds is 9. The summed E-state index contributed by atoms with van der Waals surface area (Å²) in [5.41, 5.74) is 7.57. The van der Waals surface area contributed by atoms with Crippen LogP contribution in [-0.2, 0) is 4.74 Å². The van der Waals surface area contributed by atoms with E-state index in [2.05, 4.69) is 26.0 Å². The summed E-state index contributed by atoms with van der Waals surface area (Å²) in [6.07, 6.45) is 6.11. The van der Waals surface area contributed by atoms with E-state index >= 15 is 0 Å². The molecule has 0 aromatic heterocycles. The van der Waals surface area contributed by atoms with Crippen LogP contribution in [0.15, 0.2) is 30.3 Å². The van der Waals surface area contributed by atoms with Gasteiger partial charge in [-0.15, -0.1) is 0 Å². The van der Waals surface area contributed by atoms with Crippen molar-refractivity contribution in [3.8, 4) is 0 Å². The quantitative estimate of drug-likeness (QED) is 0.720. The van der Waals surface area contributed by atoms with Crippen LogP contribution in [0.2, 0.25) is 0 Å². The highest BCUT2D eigenvalue weighted by molar-refractivity contribution is 5.19. The SMILES string of the molecule is CCCCC(CC)CC(N)C(OC)c1ccccc1. The second-order valence-corrected chi connectivity index (χ2v) is 5.38. The lowest BCUT2D eigenvalue weighted by Gasteiger charge is -2.26. The van der Waals surface area contributed by atoms with E-state index in [1.807, 2.05) is 18.2 Å². The van der Waals surface area contributed by atoms with Crippen LogP contribution in [0, 0.1) is 5.92 Å². The van der Waals surface area contributed by atoms with Crippen molar-refractivity contribution >= 4 is 0 Å². The molecule has 2 N–H and O–H groups in total. The first-order valence-electron chi connectivity index (χ1n) is 7.56. The minimum atomic E-state index is 0.0110. The van der Waals surface area contributed by atoms with Crippen LogP contribution in [0.1, 0.15) is 57.6 Å². The van der Waals surface area contributed by atoms with Crippen LogP contribution in [0.25, 0.3) is 0 Å². The third kappa shape index (κ3) is 5.33. The third-order valence-corrected chi connectivity index (χ3v) is 3.92. The standard InChI is InChI=1S/C17H29NO/c1-4-6-10-14(5-2)13-16(18)17(19-3)15-11-8-7-9-12-15/h7-9,11-12,14,16-17H,4-6,10,13,18H2,1-3H3. The van der Waals surface area contributed by atoms with Crippen molar-refractivity contribution in [3.63, 3.8) is 0 Å². The Balaban J connectivity index is 2.60. The van der Waals surface area contributed by atoms with Crippen LogP contribution in [0.3, 0.4) is 0 Å². The Morgan fingerprint density at radius 1 is 1.16 bits per heavy atom. The number of methoxy groups -OCH3 is 1. The molecule has 0 aliphatic carbocycles. The number of nitrogens with two attached hydrogens (primary N) is 1. The zero-order valence-corrected chi connectivity index (χ0v) is 12.6. The minimum Gasteiger partial charge on any atom is -0.375 e. The van der Waals surface area contributed by atoms with Crippen molar-refractivity contribution in [1.82, 2.24) is 0 Å². The molecule has 2 nitrogen and oxygen atoms in total. The molecule has 1 aromatic rings. The highest BCUT2D eigenvalue weighted by Crippen LogP contribution is 2.26. The molecule has 0 saturated carbocycles. The molecule has 0 fully saturated rings. The first kappa shape index (κ1) is 16.2. The third-order valence-electron chi connectivity index (χ3n) is 3.92. The van der Waals surface area contributed by atoms with Gasteiger partial charge in [0, 0.05) is 13.2 Å². The van der Waals surface area contributed by atoms with Crippen molar-refractivity contribution in [2.45, 2.75) is 58.1 Å². The highest BCUT2D eigenvalue weighted by Gasteiger charge is 2.22. The zero-order chi connectivity index (χ0) is 14.1. The largest absolute Gasteiger partial charge is 0.375 e.